The maximum Gasteiger partial charge on any atom is 0.323 e. The van der Waals surface area contributed by atoms with E-state index in [1.165, 1.54) is 18.2 Å². The zero-order valence-electron chi connectivity index (χ0n) is 22.3. The number of halogens is 4. The number of likely N-dealkylation sites (tertiary alicyclic amines) is 1. The number of carbonyl (C=O) groups excluding carboxylic acids is 3. The Bertz CT molecular complexity index is 809. The highest BCUT2D eigenvalue weighted by molar-refractivity contribution is 5.91. The van der Waals surface area contributed by atoms with Crippen molar-refractivity contribution in [3.8, 4) is 0 Å². The molecule has 36 heavy (non-hydrogen) atoms. The van der Waals surface area contributed by atoms with Crippen LogP contribution in [0.3, 0.4) is 0 Å². The van der Waals surface area contributed by atoms with Gasteiger partial charge < -0.3 is 5.32 Å². The molecule has 1 atom stereocenters. The van der Waals surface area contributed by atoms with Gasteiger partial charge >= 0.3 is 11.8 Å². The van der Waals surface area contributed by atoms with Crippen LogP contribution in [0.5, 0.6) is 0 Å². The standard InChI is InChI=1S/C26H41F4N3O3/c1-7-32(14-8-10-21(34)19(2)3)16-23(36)31-24(5,6)13-12-20(4)22(35)11-9-15-33-17-25(27,28)26(29,30)18-33/h8-11,19-20H,7,12-18H2,1-6H3,(H,31,36)/b10-8+,11-9+. The van der Waals surface area contributed by atoms with Gasteiger partial charge in [-0.1, -0.05) is 39.8 Å². The minimum atomic E-state index is -4.06. The lowest BCUT2D eigenvalue weighted by molar-refractivity contribution is -0.172. The highest BCUT2D eigenvalue weighted by atomic mass is 19.3. The van der Waals surface area contributed by atoms with Gasteiger partial charge in [0.1, 0.15) is 0 Å². The average molecular weight is 520 g/mol. The second-order valence-electron chi connectivity index (χ2n) is 10.5. The van der Waals surface area contributed by atoms with Crippen LogP contribution in [0, 0.1) is 11.8 Å². The van der Waals surface area contributed by atoms with Gasteiger partial charge in [-0.3, -0.25) is 24.2 Å². The summed E-state index contributed by atoms with van der Waals surface area (Å²) in [6.45, 7) is 10.1. The van der Waals surface area contributed by atoms with Crippen molar-refractivity contribution in [2.75, 3.05) is 39.3 Å². The Labute approximate surface area is 212 Å². The van der Waals surface area contributed by atoms with E-state index in [4.69, 9.17) is 0 Å². The van der Waals surface area contributed by atoms with Crippen LogP contribution < -0.4 is 5.32 Å². The predicted octanol–water partition coefficient (Wildman–Crippen LogP) is 4.11. The molecule has 0 radical (unpaired) electrons. The van der Waals surface area contributed by atoms with Crippen LogP contribution in [0.4, 0.5) is 17.6 Å². The molecule has 0 aliphatic carbocycles. The van der Waals surface area contributed by atoms with Crippen LogP contribution in [-0.4, -0.2) is 83.9 Å². The van der Waals surface area contributed by atoms with Crippen molar-refractivity contribution in [2.24, 2.45) is 11.8 Å². The molecule has 1 amide bonds. The molecule has 1 heterocycles. The molecule has 0 spiro atoms. The molecule has 0 aromatic heterocycles. The molecule has 0 bridgehead atoms. The Kier molecular flexibility index (Phi) is 12.0. The van der Waals surface area contributed by atoms with Crippen molar-refractivity contribution in [2.45, 2.75) is 71.8 Å². The Morgan fingerprint density at radius 3 is 2.08 bits per heavy atom. The first-order chi connectivity index (χ1) is 16.5. The van der Waals surface area contributed by atoms with E-state index in [0.29, 0.717) is 25.9 Å². The topological polar surface area (TPSA) is 69.7 Å². The third-order valence-corrected chi connectivity index (χ3v) is 6.22. The second kappa shape index (κ2) is 13.5. The number of carbonyl (C=O) groups is 3. The van der Waals surface area contributed by atoms with Crippen molar-refractivity contribution in [1.29, 1.82) is 0 Å². The first-order valence-electron chi connectivity index (χ1n) is 12.4. The molecular formula is C26H41F4N3O3. The molecule has 6 nitrogen and oxygen atoms in total. The van der Waals surface area contributed by atoms with E-state index >= 15 is 0 Å². The fourth-order valence-corrected chi connectivity index (χ4v) is 3.68. The SMILES string of the molecule is CCN(C/C=C/C(=O)C(C)C)CC(=O)NC(C)(C)CCC(C)C(=O)/C=C/CN1CC(F)(F)C(F)(F)C1. The van der Waals surface area contributed by atoms with Crippen LogP contribution in [0.25, 0.3) is 0 Å². The summed E-state index contributed by atoms with van der Waals surface area (Å²) < 4.78 is 53.0. The van der Waals surface area contributed by atoms with Gasteiger partial charge in [0.25, 0.3) is 0 Å². The van der Waals surface area contributed by atoms with Crippen LogP contribution in [0.15, 0.2) is 24.3 Å². The number of rotatable bonds is 15. The lowest BCUT2D eigenvalue weighted by Crippen LogP contribution is -2.48. The van der Waals surface area contributed by atoms with Crippen molar-refractivity contribution in [1.82, 2.24) is 15.1 Å². The Hall–Kier alpha value is -2.07. The molecule has 1 rings (SSSR count). The average Bonchev–Trinajstić information content (AvgIpc) is 2.96. The van der Waals surface area contributed by atoms with E-state index in [1.807, 2.05) is 39.5 Å². The lowest BCUT2D eigenvalue weighted by atomic mass is 9.91. The zero-order chi connectivity index (χ0) is 27.7. The Morgan fingerprint density at radius 1 is 1.00 bits per heavy atom. The van der Waals surface area contributed by atoms with E-state index in [9.17, 15) is 31.9 Å². The number of amides is 1. The summed E-state index contributed by atoms with van der Waals surface area (Å²) in [5, 5.41) is 2.98. The molecule has 0 aromatic carbocycles. The summed E-state index contributed by atoms with van der Waals surface area (Å²) >= 11 is 0. The third-order valence-electron chi connectivity index (χ3n) is 6.22. The van der Waals surface area contributed by atoms with Gasteiger partial charge in [0.15, 0.2) is 11.6 Å². The lowest BCUT2D eigenvalue weighted by Gasteiger charge is -2.29. The van der Waals surface area contributed by atoms with Gasteiger partial charge in [-0.15, -0.1) is 0 Å². The van der Waals surface area contributed by atoms with Crippen LogP contribution in [-0.2, 0) is 14.4 Å². The second-order valence-corrected chi connectivity index (χ2v) is 10.5. The summed E-state index contributed by atoms with van der Waals surface area (Å²) in [5.41, 5.74) is -0.565. The fourth-order valence-electron chi connectivity index (χ4n) is 3.68. The molecule has 0 saturated carbocycles. The molecule has 1 saturated heterocycles. The number of allylic oxidation sites excluding steroid dienone is 2. The summed E-state index contributed by atoms with van der Waals surface area (Å²) in [4.78, 5) is 39.4. The van der Waals surface area contributed by atoms with Gasteiger partial charge in [0.2, 0.25) is 5.91 Å². The molecule has 206 valence electrons. The number of nitrogens with one attached hydrogen (secondary N) is 1. The summed E-state index contributed by atoms with van der Waals surface area (Å²) in [5.74, 6) is -8.93. The van der Waals surface area contributed by atoms with Crippen LogP contribution in [0.1, 0.15) is 54.4 Å². The van der Waals surface area contributed by atoms with Crippen molar-refractivity contribution >= 4 is 17.5 Å². The van der Waals surface area contributed by atoms with E-state index in [0.717, 1.165) is 4.90 Å². The van der Waals surface area contributed by atoms with E-state index in [-0.39, 0.29) is 42.4 Å². The van der Waals surface area contributed by atoms with Crippen molar-refractivity contribution < 1.29 is 31.9 Å². The fraction of sp³-hybridized carbons (Fsp3) is 0.731. The normalized spacial score (nSPS) is 19.0. The summed E-state index contributed by atoms with van der Waals surface area (Å²) in [6.07, 6.45) is 6.89. The minimum Gasteiger partial charge on any atom is -0.350 e. The molecule has 10 heteroatoms. The summed E-state index contributed by atoms with van der Waals surface area (Å²) in [7, 11) is 0. The molecular weight excluding hydrogens is 478 g/mol. The quantitative estimate of drug-likeness (QED) is 0.261. The van der Waals surface area contributed by atoms with E-state index in [1.54, 1.807) is 13.0 Å². The number of hydrogen-bond acceptors (Lipinski definition) is 5. The van der Waals surface area contributed by atoms with Gasteiger partial charge in [-0.2, -0.15) is 17.6 Å². The van der Waals surface area contributed by atoms with Crippen molar-refractivity contribution in [3.63, 3.8) is 0 Å². The minimum absolute atomic E-state index is 0.0364. The number of likely N-dealkylation sites (N-methyl/N-ethyl adjacent to an activating group) is 1. The number of ketones is 2. The third kappa shape index (κ3) is 10.5. The molecule has 1 N–H and O–H groups in total. The first-order valence-corrected chi connectivity index (χ1v) is 12.4. The van der Waals surface area contributed by atoms with E-state index < -0.39 is 30.5 Å². The number of alkyl halides is 4. The maximum atomic E-state index is 13.3. The number of nitrogens with zero attached hydrogens (tertiary/aromatic N) is 2. The number of hydrogen-bond donors (Lipinski definition) is 1. The monoisotopic (exact) mass is 519 g/mol. The van der Waals surface area contributed by atoms with E-state index in [2.05, 4.69) is 5.32 Å². The van der Waals surface area contributed by atoms with Gasteiger partial charge in [-0.25, -0.2) is 0 Å². The van der Waals surface area contributed by atoms with Crippen LogP contribution >= 0.6 is 0 Å². The largest absolute Gasteiger partial charge is 0.350 e. The highest BCUT2D eigenvalue weighted by Gasteiger charge is 2.62. The molecule has 0 aromatic rings. The molecule has 1 fully saturated rings. The molecule has 1 unspecified atom stereocenters. The molecule has 1 aliphatic rings. The summed E-state index contributed by atoms with van der Waals surface area (Å²) in [6, 6.07) is 0. The van der Waals surface area contributed by atoms with Gasteiger partial charge in [-0.05, 0) is 45.4 Å². The van der Waals surface area contributed by atoms with Gasteiger partial charge in [0.05, 0.1) is 19.6 Å². The zero-order valence-corrected chi connectivity index (χ0v) is 22.3. The Balaban J connectivity index is 2.45. The maximum absolute atomic E-state index is 13.3. The first kappa shape index (κ1) is 32.0. The highest BCUT2D eigenvalue weighted by Crippen LogP contribution is 2.40. The van der Waals surface area contributed by atoms with Crippen molar-refractivity contribution in [3.05, 3.63) is 24.3 Å². The van der Waals surface area contributed by atoms with Gasteiger partial charge in [0, 0.05) is 30.5 Å². The van der Waals surface area contributed by atoms with Crippen LogP contribution in [0.2, 0.25) is 0 Å². The Morgan fingerprint density at radius 2 is 1.56 bits per heavy atom. The smallest absolute Gasteiger partial charge is 0.323 e. The predicted molar refractivity (Wildman–Crippen MR) is 132 cm³/mol. The molecule has 1 aliphatic heterocycles.